The van der Waals surface area contributed by atoms with E-state index in [1.165, 1.54) is 5.56 Å². The summed E-state index contributed by atoms with van der Waals surface area (Å²) in [4.78, 5) is 24.3. The van der Waals surface area contributed by atoms with Gasteiger partial charge in [-0.2, -0.15) is 0 Å². The zero-order valence-electron chi connectivity index (χ0n) is 11.3. The maximum atomic E-state index is 11.6. The molecular weight excluding hydrogens is 248 g/mol. The topological polar surface area (TPSA) is 58.2 Å². The first-order valence-corrected chi connectivity index (χ1v) is 6.76. The molecule has 0 atom stereocenters. The molecule has 0 spiro atoms. The molecule has 100 valence electrons. The van der Waals surface area contributed by atoms with Gasteiger partial charge in [0.05, 0.1) is 13.1 Å². The van der Waals surface area contributed by atoms with E-state index in [0.29, 0.717) is 6.54 Å². The molecule has 0 saturated carbocycles. The summed E-state index contributed by atoms with van der Waals surface area (Å²) < 4.78 is 0. The molecule has 0 fully saturated rings. The van der Waals surface area contributed by atoms with Crippen LogP contribution in [0.4, 0.5) is 0 Å². The average Bonchev–Trinajstić information content (AvgIpc) is 2.67. The summed E-state index contributed by atoms with van der Waals surface area (Å²) in [6.07, 6.45) is 0. The van der Waals surface area contributed by atoms with Gasteiger partial charge in [0.25, 0.3) is 0 Å². The van der Waals surface area contributed by atoms with Crippen molar-refractivity contribution in [2.24, 2.45) is 5.41 Å². The Morgan fingerprint density at radius 1 is 1.28 bits per heavy atom. The molecular formula is C13H20N2O2S. The Hall–Kier alpha value is -1.36. The van der Waals surface area contributed by atoms with E-state index in [1.54, 1.807) is 11.3 Å². The lowest BCUT2D eigenvalue weighted by Gasteiger charge is -2.17. The normalized spacial score (nSPS) is 11.1. The molecule has 0 unspecified atom stereocenters. The van der Waals surface area contributed by atoms with E-state index in [4.69, 9.17) is 0 Å². The number of thiophene rings is 1. The first kappa shape index (κ1) is 14.7. The van der Waals surface area contributed by atoms with Crippen LogP contribution in [0, 0.1) is 12.3 Å². The second-order valence-corrected chi connectivity index (χ2v) is 6.24. The van der Waals surface area contributed by atoms with Gasteiger partial charge in [-0.3, -0.25) is 9.59 Å². The van der Waals surface area contributed by atoms with Gasteiger partial charge in [0.1, 0.15) is 0 Å². The Morgan fingerprint density at radius 2 is 1.94 bits per heavy atom. The third-order valence-corrected chi connectivity index (χ3v) is 3.53. The highest BCUT2D eigenvalue weighted by Crippen LogP contribution is 2.14. The van der Waals surface area contributed by atoms with Crippen LogP contribution < -0.4 is 10.6 Å². The molecule has 2 amide bonds. The van der Waals surface area contributed by atoms with Gasteiger partial charge in [0.15, 0.2) is 0 Å². The average molecular weight is 268 g/mol. The highest BCUT2D eigenvalue weighted by Gasteiger charge is 2.21. The van der Waals surface area contributed by atoms with Crippen molar-refractivity contribution in [3.8, 4) is 0 Å². The maximum Gasteiger partial charge on any atom is 0.239 e. The lowest BCUT2D eigenvalue weighted by atomic mass is 9.96. The molecule has 1 heterocycles. The van der Waals surface area contributed by atoms with Crippen LogP contribution in [0.3, 0.4) is 0 Å². The van der Waals surface area contributed by atoms with Crippen molar-refractivity contribution in [3.63, 3.8) is 0 Å². The number of carbonyl (C=O) groups is 2. The number of hydrogen-bond donors (Lipinski definition) is 2. The Morgan fingerprint density at radius 3 is 2.44 bits per heavy atom. The van der Waals surface area contributed by atoms with Gasteiger partial charge < -0.3 is 10.6 Å². The van der Waals surface area contributed by atoms with E-state index in [0.717, 1.165) is 4.88 Å². The number of amides is 2. The van der Waals surface area contributed by atoms with Crippen molar-refractivity contribution in [3.05, 3.63) is 21.9 Å². The van der Waals surface area contributed by atoms with Crippen LogP contribution >= 0.6 is 11.3 Å². The van der Waals surface area contributed by atoms with Crippen LogP contribution in [-0.4, -0.2) is 18.4 Å². The van der Waals surface area contributed by atoms with Gasteiger partial charge in [-0.1, -0.05) is 20.8 Å². The minimum atomic E-state index is -0.468. The van der Waals surface area contributed by atoms with Crippen molar-refractivity contribution in [1.29, 1.82) is 0 Å². The van der Waals surface area contributed by atoms with Crippen LogP contribution in [0.25, 0.3) is 0 Å². The summed E-state index contributed by atoms with van der Waals surface area (Å²) in [5.74, 6) is -0.287. The fraction of sp³-hybridized carbons (Fsp3) is 0.538. The van der Waals surface area contributed by atoms with Crippen molar-refractivity contribution in [2.75, 3.05) is 6.54 Å². The van der Waals surface area contributed by atoms with Crippen molar-refractivity contribution >= 4 is 23.2 Å². The zero-order valence-corrected chi connectivity index (χ0v) is 12.1. The molecule has 0 aliphatic carbocycles. The van der Waals surface area contributed by atoms with Crippen molar-refractivity contribution in [1.82, 2.24) is 10.6 Å². The van der Waals surface area contributed by atoms with E-state index in [-0.39, 0.29) is 18.4 Å². The standard InChI is InChI=1S/C13H20N2O2S/c1-9-5-6-18-10(9)7-14-11(16)8-15-12(17)13(2,3)4/h5-6H,7-8H2,1-4H3,(H,14,16)(H,15,17). The molecule has 0 aliphatic heterocycles. The monoisotopic (exact) mass is 268 g/mol. The van der Waals surface area contributed by atoms with Crippen LogP contribution in [0.15, 0.2) is 11.4 Å². The molecule has 2 N–H and O–H groups in total. The number of nitrogens with one attached hydrogen (secondary N) is 2. The second-order valence-electron chi connectivity index (χ2n) is 5.24. The number of hydrogen-bond acceptors (Lipinski definition) is 3. The Kier molecular flexibility index (Phi) is 4.90. The Balaban J connectivity index is 2.31. The SMILES string of the molecule is Cc1ccsc1CNC(=O)CNC(=O)C(C)(C)C. The quantitative estimate of drug-likeness (QED) is 0.875. The third-order valence-electron chi connectivity index (χ3n) is 2.50. The van der Waals surface area contributed by atoms with E-state index in [1.807, 2.05) is 39.1 Å². The van der Waals surface area contributed by atoms with Gasteiger partial charge in [0, 0.05) is 10.3 Å². The molecule has 1 aromatic rings. The highest BCUT2D eigenvalue weighted by molar-refractivity contribution is 7.10. The van der Waals surface area contributed by atoms with Gasteiger partial charge in [-0.25, -0.2) is 0 Å². The molecule has 0 saturated heterocycles. The zero-order chi connectivity index (χ0) is 13.8. The minimum Gasteiger partial charge on any atom is -0.350 e. The van der Waals surface area contributed by atoms with Gasteiger partial charge in [-0.15, -0.1) is 11.3 Å². The minimum absolute atomic E-state index is 0.0283. The van der Waals surface area contributed by atoms with Crippen LogP contribution in [0.2, 0.25) is 0 Å². The summed E-state index contributed by atoms with van der Waals surface area (Å²) in [6.45, 7) is 8.01. The predicted octanol–water partition coefficient (Wildman–Crippen LogP) is 1.84. The molecule has 0 aliphatic rings. The summed E-state index contributed by atoms with van der Waals surface area (Å²) in [5, 5.41) is 7.41. The fourth-order valence-electron chi connectivity index (χ4n) is 1.25. The first-order chi connectivity index (χ1) is 8.30. The molecule has 1 rings (SSSR count). The van der Waals surface area contributed by atoms with Crippen molar-refractivity contribution in [2.45, 2.75) is 34.2 Å². The summed E-state index contributed by atoms with van der Waals surface area (Å²) in [7, 11) is 0. The largest absolute Gasteiger partial charge is 0.350 e. The van der Waals surface area contributed by atoms with Gasteiger partial charge >= 0.3 is 0 Å². The predicted molar refractivity (Wildman–Crippen MR) is 73.4 cm³/mol. The number of rotatable bonds is 4. The number of aryl methyl sites for hydroxylation is 1. The molecule has 0 bridgehead atoms. The fourth-order valence-corrected chi connectivity index (χ4v) is 2.10. The number of carbonyl (C=O) groups excluding carboxylic acids is 2. The van der Waals surface area contributed by atoms with Crippen molar-refractivity contribution < 1.29 is 9.59 Å². The van der Waals surface area contributed by atoms with Gasteiger partial charge in [-0.05, 0) is 23.9 Å². The molecule has 0 aromatic carbocycles. The molecule has 5 heteroatoms. The molecule has 4 nitrogen and oxygen atoms in total. The lowest BCUT2D eigenvalue weighted by molar-refractivity contribution is -0.131. The van der Waals surface area contributed by atoms with Crippen LogP contribution in [0.1, 0.15) is 31.2 Å². The van der Waals surface area contributed by atoms with E-state index < -0.39 is 5.41 Å². The lowest BCUT2D eigenvalue weighted by Crippen LogP contribution is -2.41. The van der Waals surface area contributed by atoms with Gasteiger partial charge in [0.2, 0.25) is 11.8 Å². The third kappa shape index (κ3) is 4.49. The smallest absolute Gasteiger partial charge is 0.239 e. The van der Waals surface area contributed by atoms with E-state index >= 15 is 0 Å². The highest BCUT2D eigenvalue weighted by atomic mass is 32.1. The maximum absolute atomic E-state index is 11.6. The summed E-state index contributed by atoms with van der Waals surface area (Å²) in [5.41, 5.74) is 0.712. The Bertz CT molecular complexity index is 432. The van der Waals surface area contributed by atoms with Crippen LogP contribution in [0.5, 0.6) is 0 Å². The summed E-state index contributed by atoms with van der Waals surface area (Å²) >= 11 is 1.62. The molecule has 1 aromatic heterocycles. The second kappa shape index (κ2) is 6.00. The molecule has 18 heavy (non-hydrogen) atoms. The van der Waals surface area contributed by atoms with Crippen LogP contribution in [-0.2, 0) is 16.1 Å². The van der Waals surface area contributed by atoms with E-state index in [2.05, 4.69) is 10.6 Å². The Labute approximate surface area is 112 Å². The first-order valence-electron chi connectivity index (χ1n) is 5.88. The van der Waals surface area contributed by atoms with E-state index in [9.17, 15) is 9.59 Å². The molecule has 0 radical (unpaired) electrons. The summed E-state index contributed by atoms with van der Waals surface area (Å²) in [6, 6.07) is 2.02.